The van der Waals surface area contributed by atoms with E-state index in [1.54, 1.807) is 19.1 Å². The number of hydrogen-bond donors (Lipinski definition) is 1. The first kappa shape index (κ1) is 12.7. The lowest BCUT2D eigenvalue weighted by molar-refractivity contribution is 0.608. The molecule has 0 aliphatic heterocycles. The van der Waals surface area contributed by atoms with Crippen molar-refractivity contribution in [3.05, 3.63) is 65.4 Å². The minimum Gasteiger partial charge on any atom is -0.306 e. The van der Waals surface area contributed by atoms with Crippen LogP contribution in [0.4, 0.5) is 4.39 Å². The van der Waals surface area contributed by atoms with Crippen LogP contribution in [0.1, 0.15) is 17.0 Å². The molecule has 0 saturated carbocycles. The fourth-order valence-corrected chi connectivity index (χ4v) is 2.08. The van der Waals surface area contributed by atoms with Crippen LogP contribution in [0.15, 0.2) is 42.6 Å². The first-order valence-electron chi connectivity index (χ1n) is 6.48. The van der Waals surface area contributed by atoms with Gasteiger partial charge in [0.1, 0.15) is 5.82 Å². The Kier molecular flexibility index (Phi) is 3.43. The van der Waals surface area contributed by atoms with Crippen LogP contribution < -0.4 is 5.32 Å². The van der Waals surface area contributed by atoms with Crippen LogP contribution in [0.3, 0.4) is 0 Å². The fourth-order valence-electron chi connectivity index (χ4n) is 2.08. The second-order valence-electron chi connectivity index (χ2n) is 4.73. The number of fused-ring (bicyclic) bond motifs is 1. The number of aromatic nitrogens is 3. The zero-order chi connectivity index (χ0) is 13.9. The van der Waals surface area contributed by atoms with Gasteiger partial charge >= 0.3 is 0 Å². The van der Waals surface area contributed by atoms with E-state index in [2.05, 4.69) is 15.5 Å². The molecule has 0 aliphatic rings. The van der Waals surface area contributed by atoms with Crippen LogP contribution in [-0.2, 0) is 13.1 Å². The van der Waals surface area contributed by atoms with Gasteiger partial charge in [-0.2, -0.15) is 0 Å². The molecular weight excluding hydrogens is 255 g/mol. The molecule has 0 saturated heterocycles. The summed E-state index contributed by atoms with van der Waals surface area (Å²) >= 11 is 0. The van der Waals surface area contributed by atoms with E-state index >= 15 is 0 Å². The van der Waals surface area contributed by atoms with E-state index in [9.17, 15) is 4.39 Å². The molecule has 5 heteroatoms. The van der Waals surface area contributed by atoms with E-state index in [4.69, 9.17) is 0 Å². The van der Waals surface area contributed by atoms with Crippen molar-refractivity contribution in [1.29, 1.82) is 0 Å². The van der Waals surface area contributed by atoms with Gasteiger partial charge in [0, 0.05) is 12.7 Å². The third-order valence-electron chi connectivity index (χ3n) is 3.23. The lowest BCUT2D eigenvalue weighted by Crippen LogP contribution is -2.15. The minimum absolute atomic E-state index is 0.169. The van der Waals surface area contributed by atoms with Crippen molar-refractivity contribution in [1.82, 2.24) is 19.9 Å². The summed E-state index contributed by atoms with van der Waals surface area (Å²) in [6.07, 6.45) is 1.93. The average Bonchev–Trinajstić information content (AvgIpc) is 2.86. The van der Waals surface area contributed by atoms with E-state index in [1.165, 1.54) is 0 Å². The maximum Gasteiger partial charge on any atom is 0.160 e. The SMILES string of the molecule is Cc1ccc(CNCc2nnc3ccccn23)cc1F. The van der Waals surface area contributed by atoms with Crippen molar-refractivity contribution in [2.75, 3.05) is 0 Å². The molecule has 0 fully saturated rings. The summed E-state index contributed by atoms with van der Waals surface area (Å²) < 4.78 is 15.4. The predicted octanol–water partition coefficient (Wildman–Crippen LogP) is 2.47. The lowest BCUT2D eigenvalue weighted by atomic mass is 10.1. The summed E-state index contributed by atoms with van der Waals surface area (Å²) in [5, 5.41) is 11.5. The third-order valence-corrected chi connectivity index (χ3v) is 3.23. The Hall–Kier alpha value is -2.27. The van der Waals surface area contributed by atoms with Crippen LogP contribution >= 0.6 is 0 Å². The average molecular weight is 270 g/mol. The first-order valence-corrected chi connectivity index (χ1v) is 6.48. The van der Waals surface area contributed by atoms with Crippen LogP contribution in [0.5, 0.6) is 0 Å². The van der Waals surface area contributed by atoms with Gasteiger partial charge in [-0.15, -0.1) is 10.2 Å². The number of hydrogen-bond acceptors (Lipinski definition) is 3. The molecule has 102 valence electrons. The molecule has 0 aliphatic carbocycles. The molecule has 4 nitrogen and oxygen atoms in total. The molecule has 0 atom stereocenters. The molecule has 0 bridgehead atoms. The second-order valence-corrected chi connectivity index (χ2v) is 4.73. The summed E-state index contributed by atoms with van der Waals surface area (Å²) in [4.78, 5) is 0. The number of nitrogens with one attached hydrogen (secondary N) is 1. The van der Waals surface area contributed by atoms with Gasteiger partial charge < -0.3 is 5.32 Å². The molecule has 3 rings (SSSR count). The highest BCUT2D eigenvalue weighted by atomic mass is 19.1. The molecule has 0 radical (unpaired) electrons. The van der Waals surface area contributed by atoms with Crippen LogP contribution in [0.25, 0.3) is 5.65 Å². The Balaban J connectivity index is 1.66. The standard InChI is InChI=1S/C15H15FN4/c1-11-5-6-12(8-13(11)16)9-17-10-15-19-18-14-4-2-3-7-20(14)15/h2-8,17H,9-10H2,1H3. The monoisotopic (exact) mass is 270 g/mol. The Morgan fingerprint density at radius 3 is 2.90 bits per heavy atom. The molecular formula is C15H15FN4. The van der Waals surface area contributed by atoms with Crippen LogP contribution in [-0.4, -0.2) is 14.6 Å². The molecule has 0 amide bonds. The maximum atomic E-state index is 13.4. The quantitative estimate of drug-likeness (QED) is 0.792. The fraction of sp³-hybridized carbons (Fsp3) is 0.200. The van der Waals surface area contributed by atoms with Crippen molar-refractivity contribution in [2.24, 2.45) is 0 Å². The predicted molar refractivity (Wildman–Crippen MR) is 74.7 cm³/mol. The van der Waals surface area contributed by atoms with Gasteiger partial charge in [-0.25, -0.2) is 4.39 Å². The Morgan fingerprint density at radius 1 is 1.15 bits per heavy atom. The highest BCUT2D eigenvalue weighted by molar-refractivity contribution is 5.36. The molecule has 3 aromatic rings. The Labute approximate surface area is 116 Å². The number of nitrogens with zero attached hydrogens (tertiary/aromatic N) is 3. The summed E-state index contributed by atoms with van der Waals surface area (Å²) in [6, 6.07) is 11.0. The lowest BCUT2D eigenvalue weighted by Gasteiger charge is -2.05. The van der Waals surface area contributed by atoms with Crippen LogP contribution in [0, 0.1) is 12.7 Å². The maximum absolute atomic E-state index is 13.4. The molecule has 1 N–H and O–H groups in total. The van der Waals surface area contributed by atoms with E-state index in [0.29, 0.717) is 18.7 Å². The van der Waals surface area contributed by atoms with Crippen molar-refractivity contribution < 1.29 is 4.39 Å². The molecule has 2 heterocycles. The highest BCUT2D eigenvalue weighted by Crippen LogP contribution is 2.09. The highest BCUT2D eigenvalue weighted by Gasteiger charge is 2.04. The zero-order valence-electron chi connectivity index (χ0n) is 11.2. The molecule has 2 aromatic heterocycles. The van der Waals surface area contributed by atoms with Crippen molar-refractivity contribution in [2.45, 2.75) is 20.0 Å². The van der Waals surface area contributed by atoms with E-state index in [0.717, 1.165) is 17.0 Å². The van der Waals surface area contributed by atoms with Crippen molar-refractivity contribution >= 4 is 5.65 Å². The Morgan fingerprint density at radius 2 is 2.05 bits per heavy atom. The Bertz CT molecular complexity index is 736. The van der Waals surface area contributed by atoms with Crippen molar-refractivity contribution in [3.63, 3.8) is 0 Å². The van der Waals surface area contributed by atoms with Gasteiger partial charge in [0.25, 0.3) is 0 Å². The van der Waals surface area contributed by atoms with Gasteiger partial charge in [-0.1, -0.05) is 18.2 Å². The van der Waals surface area contributed by atoms with Crippen molar-refractivity contribution in [3.8, 4) is 0 Å². The molecule has 20 heavy (non-hydrogen) atoms. The van der Waals surface area contributed by atoms with E-state index in [-0.39, 0.29) is 5.82 Å². The first-order chi connectivity index (χ1) is 9.74. The summed E-state index contributed by atoms with van der Waals surface area (Å²) in [7, 11) is 0. The van der Waals surface area contributed by atoms with Crippen LogP contribution in [0.2, 0.25) is 0 Å². The van der Waals surface area contributed by atoms with Gasteiger partial charge in [-0.05, 0) is 36.2 Å². The van der Waals surface area contributed by atoms with E-state index in [1.807, 2.05) is 34.9 Å². The smallest absolute Gasteiger partial charge is 0.160 e. The molecule has 1 aromatic carbocycles. The van der Waals surface area contributed by atoms with Gasteiger partial charge in [0.15, 0.2) is 11.5 Å². The zero-order valence-corrected chi connectivity index (χ0v) is 11.2. The third kappa shape index (κ3) is 2.53. The van der Waals surface area contributed by atoms with Gasteiger partial charge in [0.05, 0.1) is 6.54 Å². The number of aryl methyl sites for hydroxylation is 1. The number of rotatable bonds is 4. The summed E-state index contributed by atoms with van der Waals surface area (Å²) in [5.41, 5.74) is 2.41. The largest absolute Gasteiger partial charge is 0.306 e. The molecule has 0 spiro atoms. The number of pyridine rings is 1. The van der Waals surface area contributed by atoms with Gasteiger partial charge in [-0.3, -0.25) is 4.40 Å². The topological polar surface area (TPSA) is 42.2 Å². The number of halogens is 1. The van der Waals surface area contributed by atoms with E-state index < -0.39 is 0 Å². The van der Waals surface area contributed by atoms with Gasteiger partial charge in [0.2, 0.25) is 0 Å². The summed E-state index contributed by atoms with van der Waals surface area (Å²) in [6.45, 7) is 2.94. The number of benzene rings is 1. The normalized spacial score (nSPS) is 11.1. The molecule has 0 unspecified atom stereocenters. The second kappa shape index (κ2) is 5.38. The summed E-state index contributed by atoms with van der Waals surface area (Å²) in [5.74, 6) is 0.672. The minimum atomic E-state index is -0.169.